The third kappa shape index (κ3) is 3.71. The minimum absolute atomic E-state index is 0.131. The van der Waals surface area contributed by atoms with Crippen LogP contribution >= 0.6 is 11.8 Å². The Bertz CT molecular complexity index is 761. The molecule has 0 aliphatic carbocycles. The van der Waals surface area contributed by atoms with Gasteiger partial charge in [0.1, 0.15) is 6.04 Å². The molecule has 1 atom stereocenters. The average Bonchev–Trinajstić information content (AvgIpc) is 3.15. The molecule has 0 radical (unpaired) electrons. The van der Waals surface area contributed by atoms with E-state index in [1.165, 1.54) is 16.7 Å². The molecule has 0 bridgehead atoms. The number of carboxylic acids is 2. The number of aliphatic carboxylic acids is 2. The third-order valence-electron chi connectivity index (χ3n) is 3.82. The molecule has 9 heteroatoms. The van der Waals surface area contributed by atoms with Crippen LogP contribution in [-0.4, -0.2) is 51.7 Å². The normalized spacial score (nSPS) is 18.6. The van der Waals surface area contributed by atoms with Crippen LogP contribution in [0.15, 0.2) is 23.1 Å². The van der Waals surface area contributed by atoms with Crippen molar-refractivity contribution in [3.8, 4) is 11.5 Å². The van der Waals surface area contributed by atoms with Crippen LogP contribution in [0.25, 0.3) is 6.08 Å². The number of ether oxygens (including phenoxy) is 2. The van der Waals surface area contributed by atoms with Gasteiger partial charge in [-0.05, 0) is 30.2 Å². The molecule has 3 rings (SSSR count). The molecule has 2 heterocycles. The first-order valence-electron chi connectivity index (χ1n) is 7.45. The molecular weight excluding hydrogens is 350 g/mol. The van der Waals surface area contributed by atoms with Crippen LogP contribution in [0.3, 0.4) is 0 Å². The topological polar surface area (TPSA) is 113 Å². The molecule has 2 aliphatic rings. The van der Waals surface area contributed by atoms with Crippen LogP contribution in [0, 0.1) is 0 Å². The minimum Gasteiger partial charge on any atom is -0.481 e. The molecule has 2 aliphatic heterocycles. The molecule has 1 unspecified atom stereocenters. The van der Waals surface area contributed by atoms with Crippen LogP contribution in [0.4, 0.5) is 0 Å². The summed E-state index contributed by atoms with van der Waals surface area (Å²) >= 11 is 1.22. The van der Waals surface area contributed by atoms with Crippen molar-refractivity contribution < 1.29 is 34.1 Å². The Kier molecular flexibility index (Phi) is 4.84. The first kappa shape index (κ1) is 17.2. The number of hydrogen-bond donors (Lipinski definition) is 2. The summed E-state index contributed by atoms with van der Waals surface area (Å²) in [5, 5.41) is 18.0. The van der Waals surface area contributed by atoms with E-state index in [9.17, 15) is 19.5 Å². The average molecular weight is 365 g/mol. The van der Waals surface area contributed by atoms with Gasteiger partial charge in [0.2, 0.25) is 6.79 Å². The summed E-state index contributed by atoms with van der Waals surface area (Å²) in [6.07, 6.45) is 1.21. The molecule has 8 nitrogen and oxygen atoms in total. The molecule has 1 saturated heterocycles. The van der Waals surface area contributed by atoms with E-state index in [4.69, 9.17) is 14.6 Å². The van der Waals surface area contributed by atoms with Gasteiger partial charge in [0, 0.05) is 6.42 Å². The summed E-state index contributed by atoms with van der Waals surface area (Å²) in [6, 6.07) is 4.10. The summed E-state index contributed by atoms with van der Waals surface area (Å²) in [4.78, 5) is 36.2. The van der Waals surface area contributed by atoms with Gasteiger partial charge < -0.3 is 24.6 Å². The maximum absolute atomic E-state index is 12.5. The number of amides is 1. The van der Waals surface area contributed by atoms with E-state index in [0.29, 0.717) is 16.4 Å². The number of thioether (sulfide) groups is 1. The Morgan fingerprint density at radius 1 is 1.28 bits per heavy atom. The molecule has 132 valence electrons. The highest BCUT2D eigenvalue weighted by Gasteiger charge is 2.36. The summed E-state index contributed by atoms with van der Waals surface area (Å²) in [5.74, 6) is -1.33. The number of rotatable bonds is 6. The fourth-order valence-electron chi connectivity index (χ4n) is 2.56. The van der Waals surface area contributed by atoms with Crippen LogP contribution in [0.1, 0.15) is 18.4 Å². The summed E-state index contributed by atoms with van der Waals surface area (Å²) in [5.41, 5.74) is 0.736. The highest BCUT2D eigenvalue weighted by atomic mass is 32.2. The van der Waals surface area contributed by atoms with Gasteiger partial charge in [-0.1, -0.05) is 17.8 Å². The van der Waals surface area contributed by atoms with E-state index in [-0.39, 0.29) is 25.5 Å². The second-order valence-corrected chi connectivity index (χ2v) is 6.44. The van der Waals surface area contributed by atoms with Crippen molar-refractivity contribution in [2.45, 2.75) is 18.9 Å². The Hall–Kier alpha value is -2.68. The van der Waals surface area contributed by atoms with Gasteiger partial charge in [-0.15, -0.1) is 0 Å². The van der Waals surface area contributed by atoms with Gasteiger partial charge in [-0.25, -0.2) is 4.79 Å². The predicted octanol–water partition coefficient (Wildman–Crippen LogP) is 1.61. The monoisotopic (exact) mass is 365 g/mol. The minimum atomic E-state index is -1.21. The fraction of sp³-hybridized carbons (Fsp3) is 0.312. The Balaban J connectivity index is 1.76. The Labute approximate surface area is 147 Å². The quantitative estimate of drug-likeness (QED) is 0.731. The van der Waals surface area contributed by atoms with E-state index in [1.54, 1.807) is 24.3 Å². The number of benzene rings is 1. The van der Waals surface area contributed by atoms with Crippen molar-refractivity contribution in [3.63, 3.8) is 0 Å². The number of carbonyl (C=O) groups excluding carboxylic acids is 1. The summed E-state index contributed by atoms with van der Waals surface area (Å²) in [6.45, 7) is 0.153. The summed E-state index contributed by atoms with van der Waals surface area (Å²) in [7, 11) is 0. The van der Waals surface area contributed by atoms with Crippen molar-refractivity contribution in [1.82, 2.24) is 4.90 Å². The van der Waals surface area contributed by atoms with Crippen LogP contribution in [0.5, 0.6) is 11.5 Å². The number of hydrogen-bond acceptors (Lipinski definition) is 6. The molecular formula is C16H15NO7S. The zero-order valence-electron chi connectivity index (χ0n) is 13.0. The number of carbonyl (C=O) groups is 3. The van der Waals surface area contributed by atoms with Crippen LogP contribution in [-0.2, 0) is 14.4 Å². The second kappa shape index (κ2) is 7.06. The number of carboxylic acid groups (broad SMARTS) is 2. The first-order valence-corrected chi connectivity index (χ1v) is 8.44. The first-order chi connectivity index (χ1) is 12.0. The van der Waals surface area contributed by atoms with E-state index >= 15 is 0 Å². The van der Waals surface area contributed by atoms with Crippen molar-refractivity contribution in [1.29, 1.82) is 0 Å². The van der Waals surface area contributed by atoms with Crippen molar-refractivity contribution in [2.75, 3.05) is 12.7 Å². The molecule has 25 heavy (non-hydrogen) atoms. The van der Waals surface area contributed by atoms with Gasteiger partial charge in [0.05, 0.1) is 10.8 Å². The van der Waals surface area contributed by atoms with Gasteiger partial charge in [-0.3, -0.25) is 9.59 Å². The molecule has 0 aromatic heterocycles. The van der Waals surface area contributed by atoms with E-state index in [0.717, 1.165) is 5.56 Å². The van der Waals surface area contributed by atoms with Crippen molar-refractivity contribution in [2.24, 2.45) is 0 Å². The lowest BCUT2D eigenvalue weighted by Gasteiger charge is -2.22. The molecule has 1 fully saturated rings. The molecule has 0 spiro atoms. The second-order valence-electron chi connectivity index (χ2n) is 5.46. The number of nitrogens with zero attached hydrogens (tertiary/aromatic N) is 1. The highest BCUT2D eigenvalue weighted by molar-refractivity contribution is 8.04. The highest BCUT2D eigenvalue weighted by Crippen LogP contribution is 2.36. The van der Waals surface area contributed by atoms with Crippen LogP contribution in [0.2, 0.25) is 0 Å². The number of fused-ring (bicyclic) bond motifs is 1. The summed E-state index contributed by atoms with van der Waals surface area (Å²) < 4.78 is 10.5. The maximum atomic E-state index is 12.5. The van der Waals surface area contributed by atoms with E-state index in [1.807, 2.05) is 0 Å². The zero-order valence-corrected chi connectivity index (χ0v) is 13.8. The molecule has 2 N–H and O–H groups in total. The lowest BCUT2D eigenvalue weighted by atomic mass is 10.1. The molecule has 1 aromatic carbocycles. The maximum Gasteiger partial charge on any atom is 0.326 e. The van der Waals surface area contributed by atoms with Gasteiger partial charge in [0.25, 0.3) is 5.91 Å². The predicted molar refractivity (Wildman–Crippen MR) is 88.1 cm³/mol. The standard InChI is InChI=1S/C16H15NO7S/c18-14(19)4-2-10(16(21)22)17-7-25-13(15(17)20)6-9-1-3-11-12(5-9)24-8-23-11/h1,3,5-6,10H,2,4,7-8H2,(H,18,19)(H,21,22)/b13-6-. The van der Waals surface area contributed by atoms with Crippen molar-refractivity contribution >= 4 is 35.7 Å². The Morgan fingerprint density at radius 3 is 2.76 bits per heavy atom. The third-order valence-corrected chi connectivity index (χ3v) is 4.83. The smallest absolute Gasteiger partial charge is 0.326 e. The molecule has 1 aromatic rings. The lowest BCUT2D eigenvalue weighted by Crippen LogP contribution is -2.42. The zero-order chi connectivity index (χ0) is 18.0. The Morgan fingerprint density at radius 2 is 2.04 bits per heavy atom. The van der Waals surface area contributed by atoms with Gasteiger partial charge >= 0.3 is 11.9 Å². The molecule has 1 amide bonds. The van der Waals surface area contributed by atoms with E-state index in [2.05, 4.69) is 0 Å². The van der Waals surface area contributed by atoms with E-state index < -0.39 is 23.9 Å². The van der Waals surface area contributed by atoms with Crippen molar-refractivity contribution in [3.05, 3.63) is 28.7 Å². The van der Waals surface area contributed by atoms with Gasteiger partial charge in [0.15, 0.2) is 11.5 Å². The lowest BCUT2D eigenvalue weighted by molar-refractivity contribution is -0.148. The molecule has 0 saturated carbocycles. The van der Waals surface area contributed by atoms with Gasteiger partial charge in [-0.2, -0.15) is 0 Å². The largest absolute Gasteiger partial charge is 0.481 e. The fourth-order valence-corrected chi connectivity index (χ4v) is 3.60. The SMILES string of the molecule is O=C(O)CCC(C(=O)O)N1CS/C(=C\c2ccc3c(c2)OCO3)C1=O. The van der Waals surface area contributed by atoms with Crippen LogP contribution < -0.4 is 9.47 Å².